The summed E-state index contributed by atoms with van der Waals surface area (Å²) in [6.07, 6.45) is 0.229. The molecule has 18 heavy (non-hydrogen) atoms. The molecule has 0 fully saturated rings. The number of carbonyl (C=O) groups excluding carboxylic acids is 2. The first kappa shape index (κ1) is 14.0. The Hall–Kier alpha value is -2.05. The predicted octanol–water partition coefficient (Wildman–Crippen LogP) is 1.14. The molecule has 0 spiro atoms. The van der Waals surface area contributed by atoms with Gasteiger partial charge in [0, 0.05) is 6.42 Å². The molecular formula is C11H15NO6. The van der Waals surface area contributed by atoms with Gasteiger partial charge in [-0.1, -0.05) is 0 Å². The molecule has 1 aromatic heterocycles. The molecule has 0 bridgehead atoms. The molecule has 0 radical (unpaired) electrons. The Labute approximate surface area is 103 Å². The van der Waals surface area contributed by atoms with Gasteiger partial charge in [-0.05, 0) is 20.3 Å². The Morgan fingerprint density at radius 1 is 1.33 bits per heavy atom. The van der Waals surface area contributed by atoms with Crippen LogP contribution in [0.2, 0.25) is 0 Å². The van der Waals surface area contributed by atoms with Crippen LogP contribution in [0.5, 0.6) is 0 Å². The van der Waals surface area contributed by atoms with Gasteiger partial charge in [-0.2, -0.15) is 0 Å². The number of carbonyl (C=O) groups is 2. The third kappa shape index (κ3) is 4.86. The Bertz CT molecular complexity index is 472. The Balaban J connectivity index is 2.23. The van der Waals surface area contributed by atoms with Crippen LogP contribution >= 0.6 is 0 Å². The van der Waals surface area contributed by atoms with Crippen molar-refractivity contribution in [2.75, 3.05) is 6.61 Å². The number of Topliss-reactive ketones (excluding diaryl/α,β-unsaturated/α-hetero) is 1. The van der Waals surface area contributed by atoms with Gasteiger partial charge in [0.05, 0.1) is 13.2 Å². The van der Waals surface area contributed by atoms with E-state index < -0.39 is 11.9 Å². The third-order valence-corrected chi connectivity index (χ3v) is 2.14. The maximum Gasteiger partial charge on any atom is 0.519 e. The highest BCUT2D eigenvalue weighted by Crippen LogP contribution is 2.03. The zero-order valence-corrected chi connectivity index (χ0v) is 10.3. The van der Waals surface area contributed by atoms with E-state index in [9.17, 15) is 14.4 Å². The summed E-state index contributed by atoms with van der Waals surface area (Å²) in [5, 5.41) is 2.40. The second-order valence-electron chi connectivity index (χ2n) is 3.73. The molecule has 1 aromatic rings. The fourth-order valence-electron chi connectivity index (χ4n) is 1.23. The van der Waals surface area contributed by atoms with Crippen molar-refractivity contribution in [3.8, 4) is 0 Å². The number of rotatable bonds is 6. The minimum absolute atomic E-state index is 0.0170. The highest BCUT2D eigenvalue weighted by molar-refractivity contribution is 5.75. The SMILES string of the molecule is CC(=O)CCCOC(=O)NCc1oc(=O)oc1C. The van der Waals surface area contributed by atoms with Crippen molar-refractivity contribution in [1.82, 2.24) is 5.32 Å². The van der Waals surface area contributed by atoms with E-state index >= 15 is 0 Å². The fourth-order valence-corrected chi connectivity index (χ4v) is 1.23. The number of ketones is 1. The van der Waals surface area contributed by atoms with E-state index in [1.165, 1.54) is 6.92 Å². The molecule has 1 heterocycles. The number of amides is 1. The second-order valence-corrected chi connectivity index (χ2v) is 3.73. The van der Waals surface area contributed by atoms with E-state index in [-0.39, 0.29) is 24.7 Å². The van der Waals surface area contributed by atoms with Crippen LogP contribution in [0.1, 0.15) is 31.3 Å². The monoisotopic (exact) mass is 257 g/mol. The first-order valence-electron chi connectivity index (χ1n) is 5.48. The van der Waals surface area contributed by atoms with Crippen LogP contribution in [-0.2, 0) is 16.1 Å². The minimum atomic E-state index is -0.806. The van der Waals surface area contributed by atoms with Crippen LogP contribution in [0.3, 0.4) is 0 Å². The van der Waals surface area contributed by atoms with Gasteiger partial charge >= 0.3 is 11.9 Å². The second kappa shape index (κ2) is 6.63. The number of hydrogen-bond acceptors (Lipinski definition) is 6. The van der Waals surface area contributed by atoms with E-state index in [0.29, 0.717) is 18.6 Å². The summed E-state index contributed by atoms with van der Waals surface area (Å²) in [6.45, 7) is 3.21. The number of alkyl carbamates (subject to hydrolysis) is 1. The first-order valence-corrected chi connectivity index (χ1v) is 5.48. The van der Waals surface area contributed by atoms with Crippen LogP contribution < -0.4 is 11.1 Å². The maximum absolute atomic E-state index is 11.2. The van der Waals surface area contributed by atoms with Crippen LogP contribution in [-0.4, -0.2) is 18.5 Å². The molecule has 1 rings (SSSR count). The van der Waals surface area contributed by atoms with Crippen molar-refractivity contribution in [3.63, 3.8) is 0 Å². The Morgan fingerprint density at radius 2 is 2.06 bits per heavy atom. The van der Waals surface area contributed by atoms with Crippen LogP contribution in [0.15, 0.2) is 13.6 Å². The molecule has 100 valence electrons. The summed E-state index contributed by atoms with van der Waals surface area (Å²) in [7, 11) is 0. The van der Waals surface area contributed by atoms with Gasteiger partial charge in [0.25, 0.3) is 0 Å². The largest absolute Gasteiger partial charge is 0.519 e. The van der Waals surface area contributed by atoms with E-state index in [4.69, 9.17) is 4.74 Å². The summed E-state index contributed by atoms with van der Waals surface area (Å²) in [6, 6.07) is 0. The quantitative estimate of drug-likeness (QED) is 0.767. The highest BCUT2D eigenvalue weighted by atomic mass is 16.6. The number of ether oxygens (including phenoxy) is 1. The molecule has 0 unspecified atom stereocenters. The van der Waals surface area contributed by atoms with E-state index in [1.54, 1.807) is 6.92 Å². The van der Waals surface area contributed by atoms with Crippen molar-refractivity contribution < 1.29 is 23.2 Å². The summed E-state index contributed by atoms with van der Waals surface area (Å²) in [4.78, 5) is 32.6. The average Bonchev–Trinajstić information content (AvgIpc) is 2.60. The molecule has 0 saturated heterocycles. The summed E-state index contributed by atoms with van der Waals surface area (Å²) in [5.74, 6) is -0.188. The van der Waals surface area contributed by atoms with Crippen molar-refractivity contribution in [2.24, 2.45) is 0 Å². The Kier molecular flexibility index (Phi) is 5.16. The normalized spacial score (nSPS) is 10.1. The molecule has 0 aromatic carbocycles. The van der Waals surface area contributed by atoms with Gasteiger partial charge in [0.2, 0.25) is 0 Å². The zero-order chi connectivity index (χ0) is 13.5. The lowest BCUT2D eigenvalue weighted by molar-refractivity contribution is -0.117. The van der Waals surface area contributed by atoms with Crippen molar-refractivity contribution >= 4 is 11.9 Å². The topological polar surface area (TPSA) is 98.8 Å². The molecule has 7 heteroatoms. The average molecular weight is 257 g/mol. The lowest BCUT2D eigenvalue weighted by atomic mass is 10.2. The smallest absolute Gasteiger partial charge is 0.450 e. The lowest BCUT2D eigenvalue weighted by Crippen LogP contribution is -2.24. The molecule has 7 nitrogen and oxygen atoms in total. The van der Waals surface area contributed by atoms with Gasteiger partial charge in [-0.3, -0.25) is 0 Å². The van der Waals surface area contributed by atoms with Crippen LogP contribution in [0, 0.1) is 6.92 Å². The van der Waals surface area contributed by atoms with Crippen molar-refractivity contribution in [3.05, 3.63) is 22.1 Å². The van der Waals surface area contributed by atoms with Gasteiger partial charge in [0.15, 0.2) is 5.76 Å². The summed E-state index contributed by atoms with van der Waals surface area (Å²) >= 11 is 0. The van der Waals surface area contributed by atoms with E-state index in [0.717, 1.165) is 0 Å². The van der Waals surface area contributed by atoms with E-state index in [2.05, 4.69) is 14.2 Å². The van der Waals surface area contributed by atoms with Crippen LogP contribution in [0.4, 0.5) is 4.79 Å². The maximum atomic E-state index is 11.2. The van der Waals surface area contributed by atoms with Gasteiger partial charge in [-0.15, -0.1) is 0 Å². The molecule has 1 N–H and O–H groups in total. The minimum Gasteiger partial charge on any atom is -0.450 e. The van der Waals surface area contributed by atoms with Gasteiger partial charge in [0.1, 0.15) is 11.5 Å². The zero-order valence-electron chi connectivity index (χ0n) is 10.3. The highest BCUT2D eigenvalue weighted by Gasteiger charge is 2.10. The number of hydrogen-bond donors (Lipinski definition) is 1. The fraction of sp³-hybridized carbons (Fsp3) is 0.545. The first-order chi connectivity index (χ1) is 8.49. The van der Waals surface area contributed by atoms with Crippen molar-refractivity contribution in [2.45, 2.75) is 33.2 Å². The molecule has 1 amide bonds. The number of nitrogens with one attached hydrogen (secondary N) is 1. The van der Waals surface area contributed by atoms with Gasteiger partial charge in [-0.25, -0.2) is 9.59 Å². The number of aryl methyl sites for hydroxylation is 1. The standard InChI is InChI=1S/C11H15NO6/c1-7(13)4-3-5-16-10(14)12-6-9-8(2)17-11(15)18-9/h3-6H2,1-2H3,(H,12,14). The van der Waals surface area contributed by atoms with E-state index in [1.807, 2.05) is 0 Å². The summed E-state index contributed by atoms with van der Waals surface area (Å²) in [5.41, 5.74) is 0. The Morgan fingerprint density at radius 3 is 2.61 bits per heavy atom. The third-order valence-electron chi connectivity index (χ3n) is 2.14. The predicted molar refractivity (Wildman–Crippen MR) is 60.1 cm³/mol. The molecule has 0 saturated carbocycles. The van der Waals surface area contributed by atoms with Crippen molar-refractivity contribution in [1.29, 1.82) is 0 Å². The summed E-state index contributed by atoms with van der Waals surface area (Å²) < 4.78 is 14.1. The van der Waals surface area contributed by atoms with Crippen LogP contribution in [0.25, 0.3) is 0 Å². The van der Waals surface area contributed by atoms with Gasteiger partial charge < -0.3 is 23.7 Å². The molecule has 0 aliphatic rings. The molecular weight excluding hydrogens is 242 g/mol. The molecule has 0 atom stereocenters. The molecule has 0 aliphatic heterocycles. The molecule has 0 aliphatic carbocycles. The lowest BCUT2D eigenvalue weighted by Gasteiger charge is -2.04.